The van der Waals surface area contributed by atoms with Crippen LogP contribution in [0, 0.1) is 5.82 Å². The van der Waals surface area contributed by atoms with Crippen molar-refractivity contribution in [1.82, 2.24) is 29.7 Å². The van der Waals surface area contributed by atoms with Gasteiger partial charge in [0.05, 0.1) is 0 Å². The first kappa shape index (κ1) is 12.2. The number of anilines is 1. The summed E-state index contributed by atoms with van der Waals surface area (Å²) < 4.78 is 14.7. The van der Waals surface area contributed by atoms with E-state index in [1.807, 2.05) is 0 Å². The van der Waals surface area contributed by atoms with E-state index in [2.05, 4.69) is 30.4 Å². The van der Waals surface area contributed by atoms with E-state index < -0.39 is 0 Å². The van der Waals surface area contributed by atoms with E-state index >= 15 is 0 Å². The quantitative estimate of drug-likeness (QED) is 0.773. The van der Waals surface area contributed by atoms with Gasteiger partial charge in [0, 0.05) is 12.6 Å². The third-order valence-electron chi connectivity index (χ3n) is 2.55. The van der Waals surface area contributed by atoms with E-state index in [4.69, 9.17) is 0 Å². The highest BCUT2D eigenvalue weighted by molar-refractivity contribution is 5.56. The van der Waals surface area contributed by atoms with Crippen LogP contribution in [0.3, 0.4) is 0 Å². The Bertz CT molecular complexity index is 726. The molecule has 20 heavy (non-hydrogen) atoms. The van der Waals surface area contributed by atoms with Crippen molar-refractivity contribution < 1.29 is 4.39 Å². The Kier molecular flexibility index (Phi) is 3.04. The highest BCUT2D eigenvalue weighted by Crippen LogP contribution is 2.18. The van der Waals surface area contributed by atoms with Crippen LogP contribution in [0.15, 0.2) is 36.9 Å². The third-order valence-corrected chi connectivity index (χ3v) is 2.55. The summed E-state index contributed by atoms with van der Waals surface area (Å²) in [6, 6.07) is 6.05. The number of rotatable bonds is 3. The van der Waals surface area contributed by atoms with Crippen LogP contribution in [0.5, 0.6) is 0 Å². The van der Waals surface area contributed by atoms with Crippen LogP contribution in [0.4, 0.5) is 10.3 Å². The number of hydrogen-bond acceptors (Lipinski definition) is 6. The predicted molar refractivity (Wildman–Crippen MR) is 69.7 cm³/mol. The lowest BCUT2D eigenvalue weighted by Gasteiger charge is -2.06. The van der Waals surface area contributed by atoms with Crippen LogP contribution >= 0.6 is 0 Å². The molecule has 1 N–H and O–H groups in total. The number of nitrogens with zero attached hydrogens (tertiary/aromatic N) is 6. The van der Waals surface area contributed by atoms with E-state index in [-0.39, 0.29) is 5.82 Å². The first-order chi connectivity index (χ1) is 9.76. The maximum absolute atomic E-state index is 13.3. The third kappa shape index (κ3) is 2.30. The molecule has 0 radical (unpaired) electrons. The predicted octanol–water partition coefficient (Wildman–Crippen LogP) is 1.30. The zero-order valence-electron chi connectivity index (χ0n) is 10.5. The lowest BCUT2D eigenvalue weighted by atomic mass is 10.2. The molecule has 0 saturated carbocycles. The van der Waals surface area contributed by atoms with Gasteiger partial charge in [0.1, 0.15) is 18.5 Å². The molecule has 0 saturated heterocycles. The topological polar surface area (TPSA) is 81.4 Å². The van der Waals surface area contributed by atoms with Crippen LogP contribution in [0.2, 0.25) is 0 Å². The molecular formula is C12H10FN7. The van der Waals surface area contributed by atoms with Gasteiger partial charge in [0.25, 0.3) is 5.95 Å². The van der Waals surface area contributed by atoms with Crippen molar-refractivity contribution >= 4 is 5.95 Å². The van der Waals surface area contributed by atoms with Crippen molar-refractivity contribution in [3.8, 4) is 17.3 Å². The summed E-state index contributed by atoms with van der Waals surface area (Å²) in [5.74, 6) is 0.677. The second kappa shape index (κ2) is 5.00. The van der Waals surface area contributed by atoms with Crippen LogP contribution in [0.1, 0.15) is 0 Å². The molecular weight excluding hydrogens is 261 g/mol. The van der Waals surface area contributed by atoms with Gasteiger partial charge in [-0.1, -0.05) is 12.1 Å². The SMILES string of the molecule is CNc1nc(-c2cccc(F)c2)nc(-n2cncn2)n1. The van der Waals surface area contributed by atoms with Crippen molar-refractivity contribution in [2.45, 2.75) is 0 Å². The molecule has 0 bridgehead atoms. The molecule has 0 unspecified atom stereocenters. The monoisotopic (exact) mass is 271 g/mol. The summed E-state index contributed by atoms with van der Waals surface area (Å²) in [4.78, 5) is 16.5. The highest BCUT2D eigenvalue weighted by atomic mass is 19.1. The Morgan fingerprint density at radius 3 is 2.80 bits per heavy atom. The molecule has 0 fully saturated rings. The fraction of sp³-hybridized carbons (Fsp3) is 0.0833. The molecule has 2 aromatic heterocycles. The molecule has 0 atom stereocenters. The Morgan fingerprint density at radius 2 is 2.10 bits per heavy atom. The lowest BCUT2D eigenvalue weighted by molar-refractivity contribution is 0.628. The summed E-state index contributed by atoms with van der Waals surface area (Å²) in [7, 11) is 1.69. The van der Waals surface area contributed by atoms with E-state index in [1.165, 1.54) is 29.5 Å². The molecule has 0 amide bonds. The number of benzene rings is 1. The van der Waals surface area contributed by atoms with Crippen LogP contribution in [-0.2, 0) is 0 Å². The largest absolute Gasteiger partial charge is 0.357 e. The Morgan fingerprint density at radius 1 is 1.20 bits per heavy atom. The van der Waals surface area contributed by atoms with Crippen LogP contribution in [0.25, 0.3) is 17.3 Å². The zero-order chi connectivity index (χ0) is 13.9. The van der Waals surface area contributed by atoms with Crippen LogP contribution < -0.4 is 5.32 Å². The minimum Gasteiger partial charge on any atom is -0.357 e. The molecule has 1 aromatic carbocycles. The second-order valence-electron chi connectivity index (χ2n) is 3.88. The summed E-state index contributed by atoms with van der Waals surface area (Å²) in [5, 5.41) is 6.80. The number of halogens is 1. The first-order valence-corrected chi connectivity index (χ1v) is 5.81. The van der Waals surface area contributed by atoms with Gasteiger partial charge in [-0.2, -0.15) is 24.7 Å². The number of aromatic nitrogens is 6. The van der Waals surface area contributed by atoms with Crippen molar-refractivity contribution in [2.24, 2.45) is 0 Å². The molecule has 100 valence electrons. The summed E-state index contributed by atoms with van der Waals surface area (Å²) >= 11 is 0. The van der Waals surface area contributed by atoms with E-state index in [1.54, 1.807) is 19.2 Å². The minimum atomic E-state index is -0.351. The van der Waals surface area contributed by atoms with Gasteiger partial charge in [-0.15, -0.1) is 0 Å². The molecule has 2 heterocycles. The van der Waals surface area contributed by atoms with Gasteiger partial charge in [0.2, 0.25) is 5.95 Å². The standard InChI is InChI=1S/C12H10FN7/c1-14-11-17-10(8-3-2-4-9(13)5-8)18-12(19-11)20-7-15-6-16-20/h2-7H,1H3,(H,14,17,18,19). The highest BCUT2D eigenvalue weighted by Gasteiger charge is 2.10. The van der Waals surface area contributed by atoms with Crippen molar-refractivity contribution in [2.75, 3.05) is 12.4 Å². The summed E-state index contributed by atoms with van der Waals surface area (Å²) in [6.45, 7) is 0. The average Bonchev–Trinajstić information content (AvgIpc) is 3.01. The number of hydrogen-bond donors (Lipinski definition) is 1. The molecule has 0 aliphatic carbocycles. The smallest absolute Gasteiger partial charge is 0.257 e. The summed E-state index contributed by atoms with van der Waals surface area (Å²) in [5.41, 5.74) is 0.560. The molecule has 0 aliphatic rings. The lowest BCUT2D eigenvalue weighted by Crippen LogP contribution is -2.08. The molecule has 0 spiro atoms. The molecule has 0 aliphatic heterocycles. The van der Waals surface area contributed by atoms with Gasteiger partial charge in [-0.25, -0.2) is 9.37 Å². The second-order valence-corrected chi connectivity index (χ2v) is 3.88. The fourth-order valence-corrected chi connectivity index (χ4v) is 1.65. The van der Waals surface area contributed by atoms with Gasteiger partial charge in [-0.3, -0.25) is 0 Å². The maximum Gasteiger partial charge on any atom is 0.257 e. The van der Waals surface area contributed by atoms with Gasteiger partial charge < -0.3 is 5.32 Å². The molecule has 7 nitrogen and oxygen atoms in total. The molecule has 3 rings (SSSR count). The molecule has 3 aromatic rings. The summed E-state index contributed by atoms with van der Waals surface area (Å²) in [6.07, 6.45) is 2.86. The Balaban J connectivity index is 2.14. The van der Waals surface area contributed by atoms with Gasteiger partial charge in [0.15, 0.2) is 5.82 Å². The fourth-order valence-electron chi connectivity index (χ4n) is 1.65. The molecule has 8 heteroatoms. The maximum atomic E-state index is 13.3. The Hall–Kier alpha value is -2.90. The first-order valence-electron chi connectivity index (χ1n) is 5.81. The van der Waals surface area contributed by atoms with Gasteiger partial charge >= 0.3 is 0 Å². The number of nitrogens with one attached hydrogen (secondary N) is 1. The van der Waals surface area contributed by atoms with E-state index in [0.717, 1.165) is 0 Å². The van der Waals surface area contributed by atoms with E-state index in [0.29, 0.717) is 23.3 Å². The average molecular weight is 271 g/mol. The van der Waals surface area contributed by atoms with Crippen molar-refractivity contribution in [1.29, 1.82) is 0 Å². The van der Waals surface area contributed by atoms with Crippen molar-refractivity contribution in [3.05, 3.63) is 42.7 Å². The van der Waals surface area contributed by atoms with Gasteiger partial charge in [-0.05, 0) is 12.1 Å². The Labute approximate surface area is 113 Å². The van der Waals surface area contributed by atoms with Crippen LogP contribution in [-0.4, -0.2) is 36.8 Å². The minimum absolute atomic E-state index is 0.307. The van der Waals surface area contributed by atoms with E-state index in [9.17, 15) is 4.39 Å². The van der Waals surface area contributed by atoms with Crippen molar-refractivity contribution in [3.63, 3.8) is 0 Å². The normalized spacial score (nSPS) is 10.5. The zero-order valence-corrected chi connectivity index (χ0v) is 10.5.